The molecule has 3 heterocycles. The summed E-state index contributed by atoms with van der Waals surface area (Å²) >= 11 is 1.38. The molecule has 3 rings (SSSR count). The van der Waals surface area contributed by atoms with E-state index in [9.17, 15) is 14.4 Å². The molecule has 0 unspecified atom stereocenters. The number of imide groups is 2. The molecule has 0 spiro atoms. The first-order chi connectivity index (χ1) is 11.6. The molecule has 0 aliphatic carbocycles. The molecule has 0 radical (unpaired) electrons. The number of aromatic nitrogens is 2. The van der Waals surface area contributed by atoms with Crippen LogP contribution in [0.4, 0.5) is 4.79 Å². The molecule has 1 N–H and O–H groups in total. The minimum absolute atomic E-state index is 0.0653. The van der Waals surface area contributed by atoms with E-state index >= 15 is 0 Å². The maximum atomic E-state index is 12.5. The highest BCUT2D eigenvalue weighted by Gasteiger charge is 2.36. The van der Waals surface area contributed by atoms with Crippen LogP contribution in [0.25, 0.3) is 6.08 Å². The third kappa shape index (κ3) is 3.20. The van der Waals surface area contributed by atoms with Crippen LogP contribution < -0.4 is 5.32 Å². The number of thioether (sulfide) groups is 1. The van der Waals surface area contributed by atoms with E-state index in [1.165, 1.54) is 36.5 Å². The maximum Gasteiger partial charge on any atom is 0.331 e. The molecule has 2 aromatic heterocycles. The zero-order chi connectivity index (χ0) is 17.1. The summed E-state index contributed by atoms with van der Waals surface area (Å²) in [5.74, 6) is -1.02. The Kier molecular flexibility index (Phi) is 4.43. The minimum Gasteiger partial charge on any atom is -0.467 e. The molecule has 1 saturated heterocycles. The van der Waals surface area contributed by atoms with Crippen LogP contribution in [0.2, 0.25) is 0 Å². The van der Waals surface area contributed by atoms with Crippen LogP contribution in [0.3, 0.4) is 0 Å². The molecule has 0 saturated carbocycles. The number of hydrogen-bond donors (Lipinski definition) is 1. The van der Waals surface area contributed by atoms with E-state index < -0.39 is 17.8 Å². The fourth-order valence-corrected chi connectivity index (χ4v) is 2.38. The first-order valence-electron chi connectivity index (χ1n) is 6.86. The number of barbiturate groups is 1. The van der Waals surface area contributed by atoms with Gasteiger partial charge in [-0.15, -0.1) is 0 Å². The summed E-state index contributed by atoms with van der Waals surface area (Å²) < 4.78 is 5.14. The molecule has 9 heteroatoms. The van der Waals surface area contributed by atoms with Gasteiger partial charge in [0.1, 0.15) is 11.3 Å². The Morgan fingerprint density at radius 1 is 1.29 bits per heavy atom. The van der Waals surface area contributed by atoms with Crippen LogP contribution in [-0.2, 0) is 16.1 Å². The van der Waals surface area contributed by atoms with Gasteiger partial charge in [-0.05, 0) is 24.5 Å². The molecule has 1 fully saturated rings. The van der Waals surface area contributed by atoms with Crippen molar-refractivity contribution in [3.63, 3.8) is 0 Å². The van der Waals surface area contributed by atoms with Crippen molar-refractivity contribution in [2.24, 2.45) is 0 Å². The van der Waals surface area contributed by atoms with Crippen molar-refractivity contribution in [3.8, 4) is 0 Å². The second kappa shape index (κ2) is 6.67. The van der Waals surface area contributed by atoms with E-state index in [1.54, 1.807) is 12.1 Å². The Morgan fingerprint density at radius 3 is 2.67 bits per heavy atom. The van der Waals surface area contributed by atoms with Gasteiger partial charge >= 0.3 is 6.03 Å². The number of nitrogens with one attached hydrogen (secondary N) is 1. The van der Waals surface area contributed by atoms with Crippen molar-refractivity contribution >= 4 is 35.7 Å². The highest BCUT2D eigenvalue weighted by atomic mass is 32.2. The first kappa shape index (κ1) is 15.9. The minimum atomic E-state index is -0.785. The molecule has 0 aromatic carbocycles. The maximum absolute atomic E-state index is 12.5. The Morgan fingerprint density at radius 2 is 2.04 bits per heavy atom. The summed E-state index contributed by atoms with van der Waals surface area (Å²) in [5, 5.41) is 2.71. The molecule has 4 amide bonds. The van der Waals surface area contributed by atoms with E-state index in [4.69, 9.17) is 4.42 Å². The Hall–Kier alpha value is -2.94. The molecule has 0 bridgehead atoms. The Bertz CT molecular complexity index is 815. The largest absolute Gasteiger partial charge is 0.467 e. The predicted octanol–water partition coefficient (Wildman–Crippen LogP) is 1.45. The van der Waals surface area contributed by atoms with Gasteiger partial charge in [0, 0.05) is 18.0 Å². The standard InChI is InChI=1S/C15H12N4O4S/c1-24-14-16-6-9(7-17-14)5-11-12(20)18-15(22)19(13(11)21)8-10-3-2-4-23-10/h2-7H,8H2,1H3,(H,18,20,22)/b11-5-. The average molecular weight is 344 g/mol. The van der Waals surface area contributed by atoms with Crippen molar-refractivity contribution in [1.29, 1.82) is 0 Å². The molecule has 1 aliphatic rings. The van der Waals surface area contributed by atoms with Crippen LogP contribution >= 0.6 is 11.8 Å². The second-order valence-corrected chi connectivity index (χ2v) is 5.56. The van der Waals surface area contributed by atoms with Crippen LogP contribution in [0.15, 0.2) is 45.9 Å². The number of carbonyl (C=O) groups is 3. The Balaban J connectivity index is 1.88. The van der Waals surface area contributed by atoms with Gasteiger partial charge in [0.25, 0.3) is 11.8 Å². The van der Waals surface area contributed by atoms with Gasteiger partial charge in [0.2, 0.25) is 0 Å². The molecule has 2 aromatic rings. The number of rotatable bonds is 4. The summed E-state index contributed by atoms with van der Waals surface area (Å²) in [4.78, 5) is 45.4. The fourth-order valence-electron chi connectivity index (χ4n) is 2.07. The molecule has 1 aliphatic heterocycles. The van der Waals surface area contributed by atoms with Crippen LogP contribution in [0.1, 0.15) is 11.3 Å². The third-order valence-electron chi connectivity index (χ3n) is 3.22. The van der Waals surface area contributed by atoms with Gasteiger partial charge in [-0.1, -0.05) is 11.8 Å². The fraction of sp³-hybridized carbons (Fsp3) is 0.133. The topological polar surface area (TPSA) is 105 Å². The lowest BCUT2D eigenvalue weighted by Gasteiger charge is -2.25. The van der Waals surface area contributed by atoms with Crippen LogP contribution in [0.5, 0.6) is 0 Å². The number of furan rings is 1. The molecule has 24 heavy (non-hydrogen) atoms. The highest BCUT2D eigenvalue weighted by molar-refractivity contribution is 7.98. The van der Waals surface area contributed by atoms with E-state index in [0.29, 0.717) is 16.5 Å². The normalized spacial score (nSPS) is 16.6. The van der Waals surface area contributed by atoms with Gasteiger partial charge in [-0.2, -0.15) is 0 Å². The zero-order valence-corrected chi connectivity index (χ0v) is 13.4. The third-order valence-corrected chi connectivity index (χ3v) is 3.80. The van der Waals surface area contributed by atoms with E-state index in [-0.39, 0.29) is 12.1 Å². The van der Waals surface area contributed by atoms with Crippen molar-refractivity contribution in [1.82, 2.24) is 20.2 Å². The molecular formula is C15H12N4O4S. The van der Waals surface area contributed by atoms with Gasteiger partial charge in [0.15, 0.2) is 5.16 Å². The molecule has 122 valence electrons. The number of nitrogens with zero attached hydrogens (tertiary/aromatic N) is 3. The summed E-state index contributed by atoms with van der Waals surface area (Å²) in [6.07, 6.45) is 7.63. The van der Waals surface area contributed by atoms with Crippen molar-refractivity contribution in [2.45, 2.75) is 11.7 Å². The smallest absolute Gasteiger partial charge is 0.331 e. The molecular weight excluding hydrogens is 332 g/mol. The SMILES string of the molecule is CSc1ncc(/C=C2/C(=O)NC(=O)N(Cc3ccco3)C2=O)cn1. The lowest BCUT2D eigenvalue weighted by Crippen LogP contribution is -2.53. The van der Waals surface area contributed by atoms with Gasteiger partial charge in [-0.25, -0.2) is 14.8 Å². The average Bonchev–Trinajstić information content (AvgIpc) is 3.09. The summed E-state index contributed by atoms with van der Waals surface area (Å²) in [6, 6.07) is 2.50. The van der Waals surface area contributed by atoms with Crippen LogP contribution in [-0.4, -0.2) is 39.0 Å². The first-order valence-corrected chi connectivity index (χ1v) is 8.08. The summed E-state index contributed by atoms with van der Waals surface area (Å²) in [7, 11) is 0. The second-order valence-electron chi connectivity index (χ2n) is 4.79. The predicted molar refractivity (Wildman–Crippen MR) is 84.6 cm³/mol. The summed E-state index contributed by atoms with van der Waals surface area (Å²) in [6.45, 7) is -0.0653. The van der Waals surface area contributed by atoms with Crippen molar-refractivity contribution < 1.29 is 18.8 Å². The van der Waals surface area contributed by atoms with Crippen LogP contribution in [0, 0.1) is 0 Å². The number of carbonyl (C=O) groups excluding carboxylic acids is 3. The van der Waals surface area contributed by atoms with E-state index in [1.807, 2.05) is 6.26 Å². The monoisotopic (exact) mass is 344 g/mol. The molecule has 0 atom stereocenters. The Labute approximate surface area is 140 Å². The van der Waals surface area contributed by atoms with Crippen molar-refractivity contribution in [3.05, 3.63) is 47.7 Å². The quantitative estimate of drug-likeness (QED) is 0.387. The van der Waals surface area contributed by atoms with Gasteiger partial charge in [-0.3, -0.25) is 19.8 Å². The molecule has 8 nitrogen and oxygen atoms in total. The highest BCUT2D eigenvalue weighted by Crippen LogP contribution is 2.17. The lowest BCUT2D eigenvalue weighted by atomic mass is 10.1. The van der Waals surface area contributed by atoms with Gasteiger partial charge in [0.05, 0.1) is 12.8 Å². The van der Waals surface area contributed by atoms with Crippen molar-refractivity contribution in [2.75, 3.05) is 6.26 Å². The van der Waals surface area contributed by atoms with E-state index in [0.717, 1.165) is 4.90 Å². The number of hydrogen-bond acceptors (Lipinski definition) is 7. The van der Waals surface area contributed by atoms with E-state index in [2.05, 4.69) is 15.3 Å². The zero-order valence-electron chi connectivity index (χ0n) is 12.6. The summed E-state index contributed by atoms with van der Waals surface area (Å²) in [5.41, 5.74) is 0.320. The number of amides is 4. The lowest BCUT2D eigenvalue weighted by molar-refractivity contribution is -0.130. The van der Waals surface area contributed by atoms with Gasteiger partial charge < -0.3 is 4.42 Å². The number of urea groups is 1.